The van der Waals surface area contributed by atoms with Crippen LogP contribution >= 0.6 is 23.2 Å². The van der Waals surface area contributed by atoms with Gasteiger partial charge in [-0.2, -0.15) is 0 Å². The van der Waals surface area contributed by atoms with Crippen LogP contribution in [-0.4, -0.2) is 43.8 Å². The molecule has 10 heteroatoms. The highest BCUT2D eigenvalue weighted by molar-refractivity contribution is 7.92. The SMILES string of the molecule is CC[C@H](C)NC(=O)[C@@H](Cc1ccccc1)N(Cc1ccc(Cl)c(Cl)c1)C(=O)CN(c1cc(C)cc(C)c1)S(=O)(=O)c1ccccc1. The van der Waals surface area contributed by atoms with Crippen molar-refractivity contribution >= 4 is 50.7 Å². The first-order valence-electron chi connectivity index (χ1n) is 15.1. The van der Waals surface area contributed by atoms with E-state index in [1.54, 1.807) is 48.5 Å². The zero-order chi connectivity index (χ0) is 33.4. The van der Waals surface area contributed by atoms with Gasteiger partial charge in [0.1, 0.15) is 12.6 Å². The fourth-order valence-corrected chi connectivity index (χ4v) is 6.91. The highest BCUT2D eigenvalue weighted by atomic mass is 35.5. The summed E-state index contributed by atoms with van der Waals surface area (Å²) in [6, 6.07) is 26.8. The molecule has 0 unspecified atom stereocenters. The van der Waals surface area contributed by atoms with E-state index in [9.17, 15) is 18.0 Å². The molecule has 4 aromatic carbocycles. The van der Waals surface area contributed by atoms with E-state index in [2.05, 4.69) is 5.32 Å². The number of aryl methyl sites for hydroxylation is 2. The molecule has 0 bridgehead atoms. The minimum absolute atomic E-state index is 0.00673. The van der Waals surface area contributed by atoms with Crippen molar-refractivity contribution in [3.05, 3.63) is 129 Å². The lowest BCUT2D eigenvalue weighted by atomic mass is 10.0. The number of rotatable bonds is 13. The summed E-state index contributed by atoms with van der Waals surface area (Å²) in [6.45, 7) is 7.06. The number of sulfonamides is 1. The summed E-state index contributed by atoms with van der Waals surface area (Å²) in [6.07, 6.45) is 0.908. The third-order valence-electron chi connectivity index (χ3n) is 7.71. The number of anilines is 1. The number of hydrogen-bond acceptors (Lipinski definition) is 4. The van der Waals surface area contributed by atoms with E-state index in [4.69, 9.17) is 23.2 Å². The first-order chi connectivity index (χ1) is 21.9. The summed E-state index contributed by atoms with van der Waals surface area (Å²) in [5.74, 6) is -0.888. The van der Waals surface area contributed by atoms with Gasteiger partial charge >= 0.3 is 0 Å². The Hall–Kier alpha value is -3.85. The summed E-state index contributed by atoms with van der Waals surface area (Å²) < 4.78 is 29.5. The fraction of sp³-hybridized carbons (Fsp3) is 0.278. The molecule has 7 nitrogen and oxygen atoms in total. The highest BCUT2D eigenvalue weighted by Gasteiger charge is 2.35. The normalized spacial score (nSPS) is 12.7. The Bertz CT molecular complexity index is 1750. The van der Waals surface area contributed by atoms with Gasteiger partial charge in [0, 0.05) is 19.0 Å². The number of halogens is 2. The van der Waals surface area contributed by atoms with Crippen LogP contribution in [0.2, 0.25) is 10.0 Å². The predicted octanol–water partition coefficient (Wildman–Crippen LogP) is 7.36. The van der Waals surface area contributed by atoms with Crippen molar-refractivity contribution in [3.63, 3.8) is 0 Å². The van der Waals surface area contributed by atoms with Crippen molar-refractivity contribution < 1.29 is 18.0 Å². The van der Waals surface area contributed by atoms with Crippen molar-refractivity contribution in [1.82, 2.24) is 10.2 Å². The van der Waals surface area contributed by atoms with Gasteiger partial charge < -0.3 is 10.2 Å². The Morgan fingerprint density at radius 1 is 0.804 bits per heavy atom. The Balaban J connectivity index is 1.84. The minimum atomic E-state index is -4.18. The molecular formula is C36H39Cl2N3O4S. The maximum absolute atomic E-state index is 14.6. The van der Waals surface area contributed by atoms with Crippen LogP contribution in [-0.2, 0) is 32.6 Å². The predicted molar refractivity (Wildman–Crippen MR) is 186 cm³/mol. The van der Waals surface area contributed by atoms with Gasteiger partial charge in [-0.3, -0.25) is 13.9 Å². The van der Waals surface area contributed by atoms with Gasteiger partial charge in [0.25, 0.3) is 10.0 Å². The molecular weight excluding hydrogens is 641 g/mol. The van der Waals surface area contributed by atoms with Crippen molar-refractivity contribution in [1.29, 1.82) is 0 Å². The molecule has 0 heterocycles. The molecule has 0 saturated heterocycles. The third-order valence-corrected chi connectivity index (χ3v) is 10.2. The zero-order valence-electron chi connectivity index (χ0n) is 26.4. The summed E-state index contributed by atoms with van der Waals surface area (Å²) in [5.41, 5.74) is 3.53. The molecule has 4 aromatic rings. The molecule has 0 aromatic heterocycles. The number of amides is 2. The number of nitrogens with zero attached hydrogens (tertiary/aromatic N) is 2. The second kappa shape index (κ2) is 15.6. The van der Waals surface area contributed by atoms with Crippen LogP contribution < -0.4 is 9.62 Å². The average molecular weight is 681 g/mol. The molecule has 46 heavy (non-hydrogen) atoms. The Kier molecular flexibility index (Phi) is 11.9. The van der Waals surface area contributed by atoms with Crippen LogP contribution in [0, 0.1) is 13.8 Å². The molecule has 242 valence electrons. The van der Waals surface area contributed by atoms with E-state index in [0.29, 0.717) is 27.7 Å². The molecule has 0 aliphatic rings. The molecule has 0 aliphatic carbocycles. The lowest BCUT2D eigenvalue weighted by molar-refractivity contribution is -0.140. The maximum Gasteiger partial charge on any atom is 0.264 e. The minimum Gasteiger partial charge on any atom is -0.352 e. The van der Waals surface area contributed by atoms with Crippen LogP contribution in [0.25, 0.3) is 0 Å². The molecule has 0 saturated carbocycles. The second-order valence-corrected chi connectivity index (χ2v) is 14.1. The van der Waals surface area contributed by atoms with Crippen LogP contribution in [0.5, 0.6) is 0 Å². The molecule has 0 fully saturated rings. The number of nitrogens with one attached hydrogen (secondary N) is 1. The number of carbonyl (C=O) groups excluding carboxylic acids is 2. The fourth-order valence-electron chi connectivity index (χ4n) is 5.17. The highest BCUT2D eigenvalue weighted by Crippen LogP contribution is 2.28. The van der Waals surface area contributed by atoms with Crippen LogP contribution in [0.3, 0.4) is 0 Å². The van der Waals surface area contributed by atoms with Crippen molar-refractivity contribution in [2.24, 2.45) is 0 Å². The first kappa shape index (κ1) is 35.0. The van der Waals surface area contributed by atoms with Crippen molar-refractivity contribution in [3.8, 4) is 0 Å². The summed E-state index contributed by atoms with van der Waals surface area (Å²) in [5, 5.41) is 3.70. The molecule has 2 amide bonds. The van der Waals surface area contributed by atoms with Gasteiger partial charge in [-0.25, -0.2) is 8.42 Å². The Morgan fingerprint density at radius 3 is 2.00 bits per heavy atom. The van der Waals surface area contributed by atoms with E-state index in [1.165, 1.54) is 17.0 Å². The molecule has 0 radical (unpaired) electrons. The van der Waals surface area contributed by atoms with Crippen molar-refractivity contribution in [2.45, 2.75) is 64.1 Å². The monoisotopic (exact) mass is 679 g/mol. The van der Waals surface area contributed by atoms with E-state index in [1.807, 2.05) is 64.1 Å². The quantitative estimate of drug-likeness (QED) is 0.160. The Morgan fingerprint density at radius 2 is 1.41 bits per heavy atom. The lowest BCUT2D eigenvalue weighted by Crippen LogP contribution is -2.54. The third kappa shape index (κ3) is 8.90. The maximum atomic E-state index is 14.6. The van der Waals surface area contributed by atoms with Gasteiger partial charge in [0.05, 0.1) is 20.6 Å². The average Bonchev–Trinajstić information content (AvgIpc) is 3.03. The summed E-state index contributed by atoms with van der Waals surface area (Å²) >= 11 is 12.5. The summed E-state index contributed by atoms with van der Waals surface area (Å²) in [7, 11) is -4.18. The number of benzene rings is 4. The van der Waals surface area contributed by atoms with Gasteiger partial charge in [0.15, 0.2) is 0 Å². The smallest absolute Gasteiger partial charge is 0.264 e. The van der Waals surface area contributed by atoms with E-state index >= 15 is 0 Å². The lowest BCUT2D eigenvalue weighted by Gasteiger charge is -2.34. The van der Waals surface area contributed by atoms with Crippen molar-refractivity contribution in [2.75, 3.05) is 10.8 Å². The van der Waals surface area contributed by atoms with E-state index in [0.717, 1.165) is 21.0 Å². The molecule has 0 spiro atoms. The Labute approximate surface area is 282 Å². The summed E-state index contributed by atoms with van der Waals surface area (Å²) in [4.78, 5) is 30.1. The number of carbonyl (C=O) groups is 2. The van der Waals surface area contributed by atoms with Gasteiger partial charge in [-0.15, -0.1) is 0 Å². The largest absolute Gasteiger partial charge is 0.352 e. The van der Waals surface area contributed by atoms with E-state index < -0.39 is 28.5 Å². The first-order valence-corrected chi connectivity index (χ1v) is 17.3. The molecule has 0 aliphatic heterocycles. The standard InChI is InChI=1S/C36H39Cl2N3O4S/c1-5-27(4)39-36(43)34(22-28-12-8-6-9-13-28)40(23-29-16-17-32(37)33(38)21-29)35(42)24-41(30-19-25(2)18-26(3)20-30)46(44,45)31-14-10-7-11-15-31/h6-21,27,34H,5,22-24H2,1-4H3,(H,39,43)/t27-,34+/m0/s1. The van der Waals surface area contributed by atoms with E-state index in [-0.39, 0.29) is 29.8 Å². The van der Waals surface area contributed by atoms with Gasteiger partial charge in [0.2, 0.25) is 11.8 Å². The van der Waals surface area contributed by atoms with Crippen LogP contribution in [0.4, 0.5) is 5.69 Å². The van der Waals surface area contributed by atoms with Crippen LogP contribution in [0.15, 0.2) is 102 Å². The molecule has 1 N–H and O–H groups in total. The van der Waals surface area contributed by atoms with Gasteiger partial charge in [-0.05, 0) is 85.8 Å². The van der Waals surface area contributed by atoms with Gasteiger partial charge in [-0.1, -0.05) is 90.8 Å². The number of hydrogen-bond donors (Lipinski definition) is 1. The zero-order valence-corrected chi connectivity index (χ0v) is 28.7. The van der Waals surface area contributed by atoms with Crippen LogP contribution in [0.1, 0.15) is 42.5 Å². The topological polar surface area (TPSA) is 86.8 Å². The second-order valence-electron chi connectivity index (χ2n) is 11.5. The molecule has 2 atom stereocenters. The molecule has 4 rings (SSSR count).